The summed E-state index contributed by atoms with van der Waals surface area (Å²) in [6.07, 6.45) is -1.41. The number of hydrogen-bond acceptors (Lipinski definition) is 5. The summed E-state index contributed by atoms with van der Waals surface area (Å²) in [5, 5.41) is 9.95. The third-order valence-electron chi connectivity index (χ3n) is 2.29. The van der Waals surface area contributed by atoms with E-state index in [9.17, 15) is 9.90 Å². The van der Waals surface area contributed by atoms with Crippen LogP contribution in [0, 0.1) is 0 Å². The van der Waals surface area contributed by atoms with Crippen molar-refractivity contribution in [2.75, 3.05) is 20.8 Å². The molecule has 0 aliphatic heterocycles. The van der Waals surface area contributed by atoms with Crippen LogP contribution >= 0.6 is 15.9 Å². The van der Waals surface area contributed by atoms with Gasteiger partial charge < -0.3 is 19.3 Å². The van der Waals surface area contributed by atoms with E-state index in [1.165, 1.54) is 20.3 Å². The monoisotopic (exact) mass is 318 g/mol. The summed E-state index contributed by atoms with van der Waals surface area (Å²) in [7, 11) is 2.95. The van der Waals surface area contributed by atoms with E-state index in [1.54, 1.807) is 13.0 Å². The molecule has 0 fully saturated rings. The predicted octanol–water partition coefficient (Wildman–Crippen LogP) is 2.06. The molecule has 18 heavy (non-hydrogen) atoms. The van der Waals surface area contributed by atoms with E-state index < -0.39 is 12.1 Å². The maximum atomic E-state index is 11.5. The summed E-state index contributed by atoms with van der Waals surface area (Å²) in [5.41, 5.74) is 0.294. The molecule has 1 N–H and O–H groups in total. The molecule has 5 nitrogen and oxygen atoms in total. The van der Waals surface area contributed by atoms with Crippen molar-refractivity contribution in [3.63, 3.8) is 0 Å². The van der Waals surface area contributed by atoms with E-state index in [4.69, 9.17) is 14.2 Å². The number of methoxy groups -OCH3 is 2. The Bertz CT molecular complexity index is 433. The molecule has 1 aromatic carbocycles. The molecule has 0 bridgehead atoms. The number of rotatable bonds is 5. The van der Waals surface area contributed by atoms with Gasteiger partial charge in [0.25, 0.3) is 0 Å². The molecule has 0 spiro atoms. The fraction of sp³-hybridized carbons (Fsp3) is 0.417. The van der Waals surface area contributed by atoms with Crippen molar-refractivity contribution in [3.8, 4) is 11.5 Å². The molecule has 1 aromatic rings. The molecule has 1 unspecified atom stereocenters. The van der Waals surface area contributed by atoms with E-state index in [1.807, 2.05) is 0 Å². The van der Waals surface area contributed by atoms with Crippen molar-refractivity contribution in [3.05, 3.63) is 22.2 Å². The van der Waals surface area contributed by atoms with Crippen LogP contribution in [-0.2, 0) is 9.53 Å². The highest BCUT2D eigenvalue weighted by atomic mass is 79.9. The molecule has 0 radical (unpaired) electrons. The SMILES string of the molecule is CCOC(=O)C(O)c1cc(OC)cc(Br)c1OC. The quantitative estimate of drug-likeness (QED) is 0.842. The molecule has 0 amide bonds. The average molecular weight is 319 g/mol. The molecule has 1 atom stereocenters. The molecule has 0 saturated carbocycles. The van der Waals surface area contributed by atoms with Gasteiger partial charge in [-0.1, -0.05) is 0 Å². The molecule has 1 rings (SSSR count). The number of ether oxygens (including phenoxy) is 3. The fourth-order valence-electron chi connectivity index (χ4n) is 1.47. The second-order valence-electron chi connectivity index (χ2n) is 3.39. The summed E-state index contributed by atoms with van der Waals surface area (Å²) in [4.78, 5) is 11.5. The van der Waals surface area contributed by atoms with Gasteiger partial charge in [0.1, 0.15) is 11.5 Å². The molecule has 100 valence electrons. The Labute approximate surface area is 114 Å². The van der Waals surface area contributed by atoms with E-state index >= 15 is 0 Å². The Kier molecular flexibility index (Phi) is 5.43. The Balaban J connectivity index is 3.19. The van der Waals surface area contributed by atoms with Crippen LogP contribution in [0.1, 0.15) is 18.6 Å². The fourth-order valence-corrected chi connectivity index (χ4v) is 2.09. The molecular formula is C12H15BrO5. The first kappa shape index (κ1) is 14.8. The average Bonchev–Trinajstić information content (AvgIpc) is 2.37. The predicted molar refractivity (Wildman–Crippen MR) is 68.8 cm³/mol. The summed E-state index contributed by atoms with van der Waals surface area (Å²) >= 11 is 3.29. The number of aliphatic hydroxyl groups is 1. The minimum atomic E-state index is -1.41. The highest BCUT2D eigenvalue weighted by Crippen LogP contribution is 2.37. The van der Waals surface area contributed by atoms with Gasteiger partial charge >= 0.3 is 5.97 Å². The van der Waals surface area contributed by atoms with Crippen molar-refractivity contribution >= 4 is 21.9 Å². The van der Waals surface area contributed by atoms with Crippen LogP contribution in [0.15, 0.2) is 16.6 Å². The zero-order valence-electron chi connectivity index (χ0n) is 10.4. The topological polar surface area (TPSA) is 65.0 Å². The maximum Gasteiger partial charge on any atom is 0.339 e. The third kappa shape index (κ3) is 3.14. The van der Waals surface area contributed by atoms with Crippen molar-refractivity contribution < 1.29 is 24.1 Å². The van der Waals surface area contributed by atoms with Gasteiger partial charge in [-0.15, -0.1) is 0 Å². The van der Waals surface area contributed by atoms with Crippen LogP contribution in [0.2, 0.25) is 0 Å². The van der Waals surface area contributed by atoms with Crippen LogP contribution in [0.25, 0.3) is 0 Å². The maximum absolute atomic E-state index is 11.5. The zero-order chi connectivity index (χ0) is 13.7. The molecule has 0 heterocycles. The molecule has 0 aliphatic carbocycles. The van der Waals surface area contributed by atoms with Crippen LogP contribution in [-0.4, -0.2) is 31.9 Å². The van der Waals surface area contributed by atoms with Gasteiger partial charge in [-0.25, -0.2) is 4.79 Å². The van der Waals surface area contributed by atoms with E-state index in [-0.39, 0.29) is 6.61 Å². The Morgan fingerprint density at radius 3 is 2.56 bits per heavy atom. The first-order chi connectivity index (χ1) is 8.54. The van der Waals surface area contributed by atoms with Crippen molar-refractivity contribution in [1.82, 2.24) is 0 Å². The first-order valence-electron chi connectivity index (χ1n) is 5.31. The lowest BCUT2D eigenvalue weighted by molar-refractivity contribution is -0.153. The Morgan fingerprint density at radius 2 is 2.06 bits per heavy atom. The second kappa shape index (κ2) is 6.61. The van der Waals surface area contributed by atoms with Gasteiger partial charge in [0, 0.05) is 5.56 Å². The molecule has 0 saturated heterocycles. The van der Waals surface area contributed by atoms with Crippen molar-refractivity contribution in [1.29, 1.82) is 0 Å². The number of hydrogen-bond donors (Lipinski definition) is 1. The second-order valence-corrected chi connectivity index (χ2v) is 4.24. The van der Waals surface area contributed by atoms with Crippen LogP contribution in [0.5, 0.6) is 11.5 Å². The number of carbonyl (C=O) groups is 1. The number of halogens is 1. The van der Waals surface area contributed by atoms with Crippen LogP contribution in [0.3, 0.4) is 0 Å². The normalized spacial score (nSPS) is 11.8. The smallest absolute Gasteiger partial charge is 0.339 e. The van der Waals surface area contributed by atoms with Gasteiger partial charge in [0.2, 0.25) is 0 Å². The highest BCUT2D eigenvalue weighted by molar-refractivity contribution is 9.10. The minimum Gasteiger partial charge on any atom is -0.497 e. The molecular weight excluding hydrogens is 304 g/mol. The Hall–Kier alpha value is -1.27. The van der Waals surface area contributed by atoms with Gasteiger partial charge in [-0.3, -0.25) is 0 Å². The largest absolute Gasteiger partial charge is 0.497 e. The molecule has 0 aliphatic rings. The number of benzene rings is 1. The van der Waals surface area contributed by atoms with Gasteiger partial charge in [-0.2, -0.15) is 0 Å². The lowest BCUT2D eigenvalue weighted by atomic mass is 10.1. The van der Waals surface area contributed by atoms with E-state index in [0.29, 0.717) is 21.5 Å². The highest BCUT2D eigenvalue weighted by Gasteiger charge is 2.25. The standard InChI is InChI=1S/C12H15BrO5/c1-4-18-12(15)10(14)8-5-7(16-2)6-9(13)11(8)17-3/h5-6,10,14H,4H2,1-3H3. The summed E-state index contributed by atoms with van der Waals surface area (Å²) in [6.45, 7) is 1.87. The van der Waals surface area contributed by atoms with Crippen LogP contribution < -0.4 is 9.47 Å². The lowest BCUT2D eigenvalue weighted by Gasteiger charge is -2.16. The third-order valence-corrected chi connectivity index (χ3v) is 2.88. The Morgan fingerprint density at radius 1 is 1.39 bits per heavy atom. The first-order valence-corrected chi connectivity index (χ1v) is 6.10. The lowest BCUT2D eigenvalue weighted by Crippen LogP contribution is -2.16. The van der Waals surface area contributed by atoms with Crippen molar-refractivity contribution in [2.45, 2.75) is 13.0 Å². The van der Waals surface area contributed by atoms with Crippen LogP contribution in [0.4, 0.5) is 0 Å². The minimum absolute atomic E-state index is 0.198. The number of aliphatic hydroxyl groups excluding tert-OH is 1. The number of carbonyl (C=O) groups excluding carboxylic acids is 1. The summed E-state index contributed by atoms with van der Waals surface area (Å²) < 4.78 is 15.6. The summed E-state index contributed by atoms with van der Waals surface area (Å²) in [5.74, 6) is 0.147. The van der Waals surface area contributed by atoms with Gasteiger partial charge in [0.15, 0.2) is 6.10 Å². The number of esters is 1. The summed E-state index contributed by atoms with van der Waals surface area (Å²) in [6, 6.07) is 3.21. The van der Waals surface area contributed by atoms with Crippen molar-refractivity contribution in [2.24, 2.45) is 0 Å². The van der Waals surface area contributed by atoms with E-state index in [2.05, 4.69) is 15.9 Å². The van der Waals surface area contributed by atoms with Gasteiger partial charge in [-0.05, 0) is 35.0 Å². The zero-order valence-corrected chi connectivity index (χ0v) is 12.0. The van der Waals surface area contributed by atoms with E-state index in [0.717, 1.165) is 0 Å². The van der Waals surface area contributed by atoms with Gasteiger partial charge in [0.05, 0.1) is 25.3 Å². The molecule has 6 heteroatoms. The molecule has 0 aromatic heterocycles.